The van der Waals surface area contributed by atoms with Crippen LogP contribution >= 0.6 is 27.3 Å². The van der Waals surface area contributed by atoms with Gasteiger partial charge in [0.2, 0.25) is 20.0 Å². The summed E-state index contributed by atoms with van der Waals surface area (Å²) in [4.78, 5) is 20.1. The average molecular weight is 634 g/mol. The molecule has 0 atom stereocenters. The summed E-state index contributed by atoms with van der Waals surface area (Å²) in [5, 5.41) is 0. The highest BCUT2D eigenvalue weighted by Gasteiger charge is 2.38. The number of carbonyl (C=O) groups is 1. The molecule has 0 N–H and O–H groups in total. The lowest BCUT2D eigenvalue weighted by Gasteiger charge is -2.23. The number of ether oxygens (including phenoxy) is 2. The number of fused-ring (bicyclic) bond motifs is 2. The van der Waals surface area contributed by atoms with Crippen LogP contribution in [-0.2, 0) is 14.6 Å². The van der Waals surface area contributed by atoms with Crippen molar-refractivity contribution in [1.29, 1.82) is 0 Å². The van der Waals surface area contributed by atoms with Gasteiger partial charge in [-0.1, -0.05) is 24.3 Å². The Morgan fingerprint density at radius 2 is 1.52 bits per heavy atom. The fraction of sp³-hybridized carbons (Fsp3) is 0.0667. The van der Waals surface area contributed by atoms with Gasteiger partial charge in [-0.2, -0.15) is 0 Å². The summed E-state index contributed by atoms with van der Waals surface area (Å²) in [6, 6.07) is 22.0. The van der Waals surface area contributed by atoms with E-state index in [-0.39, 0.29) is 13.9 Å². The molecule has 2 aliphatic heterocycles. The van der Waals surface area contributed by atoms with Gasteiger partial charge in [0.05, 0.1) is 41.4 Å². The van der Waals surface area contributed by atoms with Gasteiger partial charge in [-0.3, -0.25) is 4.79 Å². The molecule has 6 rings (SSSR count). The van der Waals surface area contributed by atoms with Crippen molar-refractivity contribution in [2.75, 3.05) is 14.2 Å². The summed E-state index contributed by atoms with van der Waals surface area (Å²) in [6.45, 7) is 0. The number of nitrogens with zero attached hydrogens (tertiary/aromatic N) is 2. The van der Waals surface area contributed by atoms with Crippen molar-refractivity contribution in [3.05, 3.63) is 117 Å². The molecule has 10 heteroatoms. The van der Waals surface area contributed by atoms with Gasteiger partial charge in [-0.15, -0.1) is 11.3 Å². The summed E-state index contributed by atoms with van der Waals surface area (Å²) >= 11 is 4.42. The van der Waals surface area contributed by atoms with Crippen LogP contribution in [0.25, 0.3) is 21.5 Å². The zero-order valence-electron chi connectivity index (χ0n) is 21.3. The number of hydrogen-bond donors (Lipinski definition) is 0. The third-order valence-corrected chi connectivity index (χ3v) is 11.3. The number of rotatable bonds is 6. The van der Waals surface area contributed by atoms with E-state index in [9.17, 15) is 13.2 Å². The standard InChI is InChI=1S/C30H21BrN2O5S2/c1-37-21-11-7-18(8-12-21)26-27(19-9-13-22(38-2)14-10-19)33-16-15-20(17-24(33)28(26)34)29(31)40(35,36)30-32-23-5-3-4-6-25(23)39-30/h3-17H,1-2H3. The van der Waals surface area contributed by atoms with Crippen LogP contribution in [0.1, 0.15) is 11.1 Å². The molecule has 40 heavy (non-hydrogen) atoms. The summed E-state index contributed by atoms with van der Waals surface area (Å²) < 4.78 is 38.3. The predicted octanol–water partition coefficient (Wildman–Crippen LogP) is 6.56. The first-order chi connectivity index (χ1) is 19.3. The molecule has 0 bridgehead atoms. The number of hydrogen-bond acceptors (Lipinski definition) is 8. The number of carbonyl (C=O) groups excluding carboxylic acids is 1. The second kappa shape index (κ2) is 10.2. The Kier molecular flexibility index (Phi) is 6.69. The zero-order valence-corrected chi connectivity index (χ0v) is 24.5. The van der Waals surface area contributed by atoms with Crippen molar-refractivity contribution < 1.29 is 22.7 Å². The van der Waals surface area contributed by atoms with Crippen molar-refractivity contribution in [2.24, 2.45) is 0 Å². The van der Waals surface area contributed by atoms with E-state index in [0.29, 0.717) is 45.1 Å². The lowest BCUT2D eigenvalue weighted by atomic mass is 9.98. The van der Waals surface area contributed by atoms with Crippen LogP contribution in [0.2, 0.25) is 0 Å². The van der Waals surface area contributed by atoms with E-state index in [0.717, 1.165) is 21.6 Å². The van der Waals surface area contributed by atoms with Gasteiger partial charge in [0, 0.05) is 11.8 Å². The molecule has 0 aliphatic carbocycles. The fourth-order valence-corrected chi connectivity index (χ4v) is 8.10. The number of Topliss-reactive ketones (excluding diaryl/α,β-unsaturated/α-hetero) is 1. The van der Waals surface area contributed by atoms with E-state index in [2.05, 4.69) is 20.9 Å². The lowest BCUT2D eigenvalue weighted by molar-refractivity contribution is -0.110. The van der Waals surface area contributed by atoms with Crippen LogP contribution < -0.4 is 9.47 Å². The Morgan fingerprint density at radius 1 is 0.900 bits per heavy atom. The molecule has 7 nitrogen and oxygen atoms in total. The quantitative estimate of drug-likeness (QED) is 0.238. The van der Waals surface area contributed by atoms with Crippen molar-refractivity contribution >= 4 is 64.4 Å². The molecular formula is C30H21BrN2O5S2. The number of benzene rings is 3. The van der Waals surface area contributed by atoms with E-state index < -0.39 is 9.84 Å². The maximum absolute atomic E-state index is 14.0. The molecular weight excluding hydrogens is 612 g/mol. The van der Waals surface area contributed by atoms with Gasteiger partial charge in [-0.25, -0.2) is 13.4 Å². The summed E-state index contributed by atoms with van der Waals surface area (Å²) in [5.41, 5.74) is 4.01. The van der Waals surface area contributed by atoms with E-state index in [1.807, 2.05) is 54.6 Å². The average Bonchev–Trinajstić information content (AvgIpc) is 3.56. The number of thiazole rings is 1. The molecule has 0 fully saturated rings. The normalized spacial score (nSPS) is 16.3. The number of para-hydroxylation sites is 1. The number of ketones is 1. The number of sulfone groups is 1. The second-order valence-electron chi connectivity index (χ2n) is 8.91. The SMILES string of the molecule is COc1ccc(C2=C(c3ccc(OC)cc3)N3C=CC(=C(Br)S(=O)(=O)c4nc5ccccc5s4)C=C3C2=O)cc1. The third kappa shape index (κ3) is 4.38. The van der Waals surface area contributed by atoms with Gasteiger partial charge >= 0.3 is 0 Å². The Labute approximate surface area is 243 Å². The molecule has 0 spiro atoms. The minimum absolute atomic E-state index is 0.0176. The monoisotopic (exact) mass is 632 g/mol. The van der Waals surface area contributed by atoms with Crippen LogP contribution in [0.3, 0.4) is 0 Å². The summed E-state index contributed by atoms with van der Waals surface area (Å²) in [6.07, 6.45) is 4.98. The number of aromatic nitrogens is 1. The molecule has 0 saturated carbocycles. The number of allylic oxidation sites excluding steroid dienone is 4. The molecule has 0 amide bonds. The van der Waals surface area contributed by atoms with Gasteiger partial charge in [-0.05, 0) is 87.7 Å². The lowest BCUT2D eigenvalue weighted by Crippen LogP contribution is -2.16. The Balaban J connectivity index is 1.46. The number of methoxy groups -OCH3 is 2. The van der Waals surface area contributed by atoms with Crippen LogP contribution in [0.5, 0.6) is 11.5 Å². The molecule has 4 aromatic rings. The van der Waals surface area contributed by atoms with Crippen molar-refractivity contribution in [3.63, 3.8) is 0 Å². The van der Waals surface area contributed by atoms with E-state index in [4.69, 9.17) is 9.47 Å². The van der Waals surface area contributed by atoms with Crippen LogP contribution in [-0.4, -0.2) is 38.3 Å². The maximum atomic E-state index is 14.0. The molecule has 1 aromatic heterocycles. The van der Waals surface area contributed by atoms with Gasteiger partial charge in [0.25, 0.3) is 0 Å². The fourth-order valence-electron chi connectivity index (χ4n) is 4.60. The van der Waals surface area contributed by atoms with Crippen LogP contribution in [0.15, 0.2) is 111 Å². The van der Waals surface area contributed by atoms with Crippen molar-refractivity contribution in [2.45, 2.75) is 4.34 Å². The highest BCUT2D eigenvalue weighted by atomic mass is 79.9. The maximum Gasteiger partial charge on any atom is 0.240 e. The van der Waals surface area contributed by atoms with Gasteiger partial charge in [0.1, 0.15) is 15.3 Å². The van der Waals surface area contributed by atoms with E-state index in [1.54, 1.807) is 55.7 Å². The molecule has 0 saturated heterocycles. The minimum atomic E-state index is -3.96. The topological polar surface area (TPSA) is 85.8 Å². The summed E-state index contributed by atoms with van der Waals surface area (Å²) in [5.74, 6) is 1.14. The molecule has 0 radical (unpaired) electrons. The number of halogens is 1. The van der Waals surface area contributed by atoms with Crippen LogP contribution in [0.4, 0.5) is 0 Å². The predicted molar refractivity (Wildman–Crippen MR) is 160 cm³/mol. The molecule has 200 valence electrons. The van der Waals surface area contributed by atoms with Gasteiger partial charge in [0.15, 0.2) is 0 Å². The van der Waals surface area contributed by atoms with E-state index >= 15 is 0 Å². The Hall–Kier alpha value is -3.99. The smallest absolute Gasteiger partial charge is 0.240 e. The van der Waals surface area contributed by atoms with Crippen molar-refractivity contribution in [3.8, 4) is 11.5 Å². The third-order valence-electron chi connectivity index (χ3n) is 6.60. The highest BCUT2D eigenvalue weighted by Crippen LogP contribution is 2.44. The minimum Gasteiger partial charge on any atom is -0.497 e. The van der Waals surface area contributed by atoms with Crippen molar-refractivity contribution in [1.82, 2.24) is 9.88 Å². The Morgan fingerprint density at radius 3 is 2.15 bits per heavy atom. The highest BCUT2D eigenvalue weighted by molar-refractivity contribution is 9.13. The molecule has 3 aromatic carbocycles. The first-order valence-corrected chi connectivity index (χ1v) is 15.2. The molecule has 2 aliphatic rings. The summed E-state index contributed by atoms with van der Waals surface area (Å²) in [7, 11) is -0.776. The molecule has 3 heterocycles. The van der Waals surface area contributed by atoms with E-state index in [1.165, 1.54) is 0 Å². The second-order valence-corrected chi connectivity index (χ2v) is 13.3. The van der Waals surface area contributed by atoms with Crippen LogP contribution in [0, 0.1) is 0 Å². The van der Waals surface area contributed by atoms with Gasteiger partial charge < -0.3 is 14.4 Å². The molecule has 0 unspecified atom stereocenters. The first-order valence-electron chi connectivity index (χ1n) is 12.1. The first kappa shape index (κ1) is 26.2. The zero-order chi connectivity index (χ0) is 28.0. The largest absolute Gasteiger partial charge is 0.497 e. The Bertz CT molecular complexity index is 1870.